The molecular formula is C33H38N2O4. The van der Waals surface area contributed by atoms with Crippen LogP contribution in [-0.2, 0) is 36.4 Å². The first-order valence-corrected chi connectivity index (χ1v) is 13.4. The maximum Gasteiger partial charge on any atom is 0.224 e. The van der Waals surface area contributed by atoms with Crippen LogP contribution in [-0.4, -0.2) is 33.0 Å². The van der Waals surface area contributed by atoms with Gasteiger partial charge in [-0.15, -0.1) is 0 Å². The lowest BCUT2D eigenvalue weighted by molar-refractivity contribution is -0.120. The van der Waals surface area contributed by atoms with E-state index in [1.54, 1.807) is 18.3 Å². The molecule has 0 saturated carbocycles. The third kappa shape index (κ3) is 6.83. The van der Waals surface area contributed by atoms with Gasteiger partial charge in [0.15, 0.2) is 0 Å². The van der Waals surface area contributed by atoms with Crippen LogP contribution in [0, 0.1) is 13.8 Å². The lowest BCUT2D eigenvalue weighted by Crippen LogP contribution is -2.38. The Morgan fingerprint density at radius 1 is 1.00 bits per heavy atom. The highest BCUT2D eigenvalue weighted by molar-refractivity contribution is 5.78. The highest BCUT2D eigenvalue weighted by atomic mass is 16.3. The number of carbonyl (C=O) groups is 1. The number of phenols is 1. The molecule has 3 aromatic rings. The van der Waals surface area contributed by atoms with Crippen molar-refractivity contribution in [1.82, 2.24) is 5.32 Å². The molecule has 3 aromatic carbocycles. The third-order valence-electron chi connectivity index (χ3n) is 7.74. The van der Waals surface area contributed by atoms with Crippen molar-refractivity contribution in [3.8, 4) is 5.75 Å². The van der Waals surface area contributed by atoms with E-state index in [2.05, 4.69) is 36.3 Å². The first kappa shape index (κ1) is 28.3. The van der Waals surface area contributed by atoms with Gasteiger partial charge in [0.1, 0.15) is 5.75 Å². The molecule has 2 unspecified atom stereocenters. The fourth-order valence-corrected chi connectivity index (χ4v) is 5.22. The van der Waals surface area contributed by atoms with Gasteiger partial charge in [-0.25, -0.2) is 0 Å². The SMILES string of the molecule is CCC1(CC(O)(Cc2cccc(CC(=O)NCc3ccc(C)c(C)c3)c2)c2ccc(O)c(CO)c2)C=CC=N1. The predicted octanol–water partition coefficient (Wildman–Crippen LogP) is 4.97. The summed E-state index contributed by atoms with van der Waals surface area (Å²) < 4.78 is 0. The topological polar surface area (TPSA) is 102 Å². The number of hydrogen-bond acceptors (Lipinski definition) is 5. The van der Waals surface area contributed by atoms with Crippen LogP contribution >= 0.6 is 0 Å². The van der Waals surface area contributed by atoms with Gasteiger partial charge in [0.2, 0.25) is 5.91 Å². The summed E-state index contributed by atoms with van der Waals surface area (Å²) in [6, 6.07) is 18.8. The molecular weight excluding hydrogens is 488 g/mol. The van der Waals surface area contributed by atoms with Crippen molar-refractivity contribution in [1.29, 1.82) is 0 Å². The molecule has 1 aliphatic rings. The minimum atomic E-state index is -1.33. The summed E-state index contributed by atoms with van der Waals surface area (Å²) in [6.07, 6.45) is 7.24. The van der Waals surface area contributed by atoms with Gasteiger partial charge in [0.05, 0.1) is 24.2 Å². The molecule has 0 saturated heterocycles. The van der Waals surface area contributed by atoms with E-state index >= 15 is 0 Å². The van der Waals surface area contributed by atoms with E-state index in [9.17, 15) is 20.1 Å². The van der Waals surface area contributed by atoms with Crippen molar-refractivity contribution < 1.29 is 20.1 Å². The second kappa shape index (κ2) is 12.0. The van der Waals surface area contributed by atoms with Crippen LogP contribution in [0.3, 0.4) is 0 Å². The number of aromatic hydroxyl groups is 1. The van der Waals surface area contributed by atoms with Gasteiger partial charge >= 0.3 is 0 Å². The number of aliphatic hydroxyl groups excluding tert-OH is 1. The molecule has 1 aliphatic heterocycles. The maximum atomic E-state index is 12.7. The Morgan fingerprint density at radius 3 is 2.49 bits per heavy atom. The van der Waals surface area contributed by atoms with E-state index in [0.29, 0.717) is 30.5 Å². The van der Waals surface area contributed by atoms with E-state index < -0.39 is 11.1 Å². The van der Waals surface area contributed by atoms with Crippen LogP contribution in [0.5, 0.6) is 5.75 Å². The maximum absolute atomic E-state index is 12.7. The molecule has 0 aliphatic carbocycles. The van der Waals surface area contributed by atoms with E-state index in [-0.39, 0.29) is 31.1 Å². The second-order valence-corrected chi connectivity index (χ2v) is 10.7. The number of aliphatic imine (C=N–C) groups is 1. The van der Waals surface area contributed by atoms with Gasteiger partial charge in [-0.3, -0.25) is 9.79 Å². The number of rotatable bonds is 11. The molecule has 6 nitrogen and oxygen atoms in total. The van der Waals surface area contributed by atoms with Crippen LogP contribution in [0.15, 0.2) is 77.8 Å². The van der Waals surface area contributed by atoms with Gasteiger partial charge in [-0.2, -0.15) is 0 Å². The van der Waals surface area contributed by atoms with Gasteiger partial charge in [-0.1, -0.05) is 61.5 Å². The van der Waals surface area contributed by atoms with Crippen molar-refractivity contribution in [2.45, 2.75) is 70.7 Å². The first-order chi connectivity index (χ1) is 18.6. The molecule has 204 valence electrons. The molecule has 0 spiro atoms. The van der Waals surface area contributed by atoms with Gasteiger partial charge < -0.3 is 20.6 Å². The average molecular weight is 527 g/mol. The second-order valence-electron chi connectivity index (χ2n) is 10.7. The number of aryl methyl sites for hydroxylation is 2. The number of allylic oxidation sites excluding steroid dienone is 1. The Kier molecular flexibility index (Phi) is 8.68. The van der Waals surface area contributed by atoms with Crippen molar-refractivity contribution in [3.63, 3.8) is 0 Å². The van der Waals surface area contributed by atoms with Crippen molar-refractivity contribution >= 4 is 12.1 Å². The van der Waals surface area contributed by atoms with Gasteiger partial charge in [-0.05, 0) is 71.9 Å². The number of amides is 1. The molecule has 4 N–H and O–H groups in total. The van der Waals surface area contributed by atoms with E-state index in [4.69, 9.17) is 0 Å². The summed E-state index contributed by atoms with van der Waals surface area (Å²) in [7, 11) is 0. The summed E-state index contributed by atoms with van der Waals surface area (Å²) in [4.78, 5) is 17.4. The average Bonchev–Trinajstić information content (AvgIpc) is 3.38. The molecule has 39 heavy (non-hydrogen) atoms. The molecule has 6 heteroatoms. The molecule has 1 heterocycles. The smallest absolute Gasteiger partial charge is 0.224 e. The number of benzene rings is 3. The summed E-state index contributed by atoms with van der Waals surface area (Å²) in [5, 5.41) is 35.0. The summed E-state index contributed by atoms with van der Waals surface area (Å²) >= 11 is 0. The van der Waals surface area contributed by atoms with Crippen molar-refractivity contribution in [3.05, 3.63) is 112 Å². The van der Waals surface area contributed by atoms with Crippen LogP contribution in [0.2, 0.25) is 0 Å². The minimum Gasteiger partial charge on any atom is -0.508 e. The third-order valence-corrected chi connectivity index (χ3v) is 7.74. The zero-order valence-corrected chi connectivity index (χ0v) is 22.9. The standard InChI is InChI=1S/C33H38N2O4/c1-4-32(13-6-14-35-32)22-33(39,29-11-12-30(37)28(18-29)21-36)19-26-8-5-7-25(16-26)17-31(38)34-20-27-10-9-23(2)24(3)15-27/h5-16,18,36-37,39H,4,17,19-22H2,1-3H3,(H,34,38). The molecule has 0 aromatic heterocycles. The highest BCUT2D eigenvalue weighted by Gasteiger charge is 2.40. The fraction of sp³-hybridized carbons (Fsp3) is 0.333. The number of nitrogens with one attached hydrogen (secondary N) is 1. The number of carbonyl (C=O) groups excluding carboxylic acids is 1. The molecule has 0 radical (unpaired) electrons. The summed E-state index contributed by atoms with van der Waals surface area (Å²) in [5.74, 6) is -0.0801. The zero-order valence-electron chi connectivity index (χ0n) is 22.9. The number of hydrogen-bond donors (Lipinski definition) is 4. The Hall–Kier alpha value is -3.74. The predicted molar refractivity (Wildman–Crippen MR) is 155 cm³/mol. The minimum absolute atomic E-state index is 0.0126. The quantitative estimate of drug-likeness (QED) is 0.283. The van der Waals surface area contributed by atoms with Crippen LogP contribution in [0.25, 0.3) is 0 Å². The normalized spacial score (nSPS) is 17.8. The van der Waals surface area contributed by atoms with Crippen LogP contribution in [0.1, 0.15) is 58.7 Å². The molecule has 0 bridgehead atoms. The molecule has 2 atom stereocenters. The summed E-state index contributed by atoms with van der Waals surface area (Å²) in [6.45, 7) is 6.31. The van der Waals surface area contributed by atoms with E-state index in [1.807, 2.05) is 49.4 Å². The monoisotopic (exact) mass is 526 g/mol. The van der Waals surface area contributed by atoms with E-state index in [1.165, 1.54) is 17.2 Å². The largest absolute Gasteiger partial charge is 0.508 e. The van der Waals surface area contributed by atoms with Gasteiger partial charge in [0.25, 0.3) is 0 Å². The fourth-order valence-electron chi connectivity index (χ4n) is 5.22. The van der Waals surface area contributed by atoms with Crippen molar-refractivity contribution in [2.75, 3.05) is 0 Å². The lowest BCUT2D eigenvalue weighted by Gasteiger charge is -2.36. The van der Waals surface area contributed by atoms with Crippen LogP contribution < -0.4 is 5.32 Å². The Balaban J connectivity index is 1.54. The van der Waals surface area contributed by atoms with E-state index in [0.717, 1.165) is 16.7 Å². The van der Waals surface area contributed by atoms with Crippen LogP contribution in [0.4, 0.5) is 0 Å². The van der Waals surface area contributed by atoms with Crippen molar-refractivity contribution in [2.24, 2.45) is 4.99 Å². The van der Waals surface area contributed by atoms with Gasteiger partial charge in [0, 0.05) is 31.2 Å². The Labute approximate surface area is 230 Å². The zero-order chi connectivity index (χ0) is 28.0. The molecule has 1 amide bonds. The Morgan fingerprint density at radius 2 is 1.79 bits per heavy atom. The first-order valence-electron chi connectivity index (χ1n) is 13.4. The lowest BCUT2D eigenvalue weighted by atomic mass is 9.75. The number of nitrogens with zero attached hydrogens (tertiary/aromatic N) is 1. The Bertz CT molecular complexity index is 1380. The highest BCUT2D eigenvalue weighted by Crippen LogP contribution is 2.40. The number of aliphatic hydroxyl groups is 2. The molecule has 4 rings (SSSR count). The summed E-state index contributed by atoms with van der Waals surface area (Å²) in [5.41, 5.74) is 4.32. The molecule has 0 fully saturated rings.